The molecule has 208 valence electrons. The third kappa shape index (κ3) is 6.03. The number of carbonyl (C=O) groups is 2. The van der Waals surface area contributed by atoms with Crippen molar-refractivity contribution in [2.75, 3.05) is 13.1 Å². The first-order valence-electron chi connectivity index (χ1n) is 13.7. The summed E-state index contributed by atoms with van der Waals surface area (Å²) >= 11 is 0. The third-order valence-corrected chi connectivity index (χ3v) is 7.41. The Morgan fingerprint density at radius 3 is 2.59 bits per heavy atom. The molecule has 1 aromatic carbocycles. The molecule has 3 heterocycles. The highest BCUT2D eigenvalue weighted by atomic mass is 16.5. The number of rotatable bonds is 9. The van der Waals surface area contributed by atoms with E-state index in [0.29, 0.717) is 37.0 Å². The fourth-order valence-electron chi connectivity index (χ4n) is 5.10. The van der Waals surface area contributed by atoms with E-state index < -0.39 is 23.6 Å². The van der Waals surface area contributed by atoms with Crippen molar-refractivity contribution in [1.29, 1.82) is 0 Å². The minimum Gasteiger partial charge on any atom is -0.391 e. The molecule has 0 spiro atoms. The van der Waals surface area contributed by atoms with E-state index in [0.717, 1.165) is 29.7 Å². The number of aromatic nitrogens is 5. The fourth-order valence-corrected chi connectivity index (χ4v) is 5.10. The number of aliphatic hydroxyl groups is 1. The number of aryl methyl sites for hydroxylation is 1. The zero-order chi connectivity index (χ0) is 27.7. The van der Waals surface area contributed by atoms with Crippen LogP contribution in [0.15, 0.2) is 35.0 Å². The first kappa shape index (κ1) is 27.0. The van der Waals surface area contributed by atoms with Gasteiger partial charge in [-0.25, -0.2) is 4.68 Å². The van der Waals surface area contributed by atoms with E-state index in [9.17, 15) is 14.7 Å². The van der Waals surface area contributed by atoms with Crippen molar-refractivity contribution in [3.8, 4) is 11.5 Å². The molecule has 1 saturated carbocycles. The predicted octanol–water partition coefficient (Wildman–Crippen LogP) is 2.68. The number of hydrogen-bond donors (Lipinski definition) is 2. The Morgan fingerprint density at radius 1 is 1.21 bits per heavy atom. The smallest absolute Gasteiger partial charge is 0.257 e. The zero-order valence-corrected chi connectivity index (χ0v) is 23.0. The minimum atomic E-state index is -0.756. The van der Waals surface area contributed by atoms with Gasteiger partial charge in [0.15, 0.2) is 5.82 Å². The molecule has 2 fully saturated rings. The molecular weight excluding hydrogens is 498 g/mol. The van der Waals surface area contributed by atoms with Crippen LogP contribution in [0.3, 0.4) is 0 Å². The van der Waals surface area contributed by atoms with Gasteiger partial charge in [-0.2, -0.15) is 4.98 Å². The Hall–Kier alpha value is -3.60. The predicted molar refractivity (Wildman–Crippen MR) is 142 cm³/mol. The molecule has 3 aromatic rings. The molecule has 2 aliphatic rings. The first-order chi connectivity index (χ1) is 18.6. The number of amides is 2. The maximum absolute atomic E-state index is 13.8. The number of likely N-dealkylation sites (tertiary alicyclic amines) is 1. The summed E-state index contributed by atoms with van der Waals surface area (Å²) < 4.78 is 6.93. The molecule has 11 nitrogen and oxygen atoms in total. The van der Waals surface area contributed by atoms with Crippen molar-refractivity contribution in [3.05, 3.63) is 47.5 Å². The van der Waals surface area contributed by atoms with Crippen molar-refractivity contribution in [2.45, 2.75) is 83.9 Å². The number of hydrogen-bond acceptors (Lipinski definition) is 8. The van der Waals surface area contributed by atoms with Crippen molar-refractivity contribution in [3.63, 3.8) is 0 Å². The average Bonchev–Trinajstić information content (AvgIpc) is 3.27. The average molecular weight is 536 g/mol. The molecular formula is C28H37N7O4. The van der Waals surface area contributed by atoms with Crippen LogP contribution in [0.4, 0.5) is 0 Å². The van der Waals surface area contributed by atoms with Crippen LogP contribution in [0, 0.1) is 5.41 Å². The summed E-state index contributed by atoms with van der Waals surface area (Å²) in [5.41, 5.74) is 2.32. The van der Waals surface area contributed by atoms with Crippen LogP contribution in [-0.4, -0.2) is 72.2 Å². The van der Waals surface area contributed by atoms with Crippen molar-refractivity contribution in [2.24, 2.45) is 5.41 Å². The molecule has 1 aliphatic heterocycles. The maximum Gasteiger partial charge on any atom is 0.257 e. The summed E-state index contributed by atoms with van der Waals surface area (Å²) in [6, 6.07) is 6.40. The third-order valence-electron chi connectivity index (χ3n) is 7.41. The SMILES string of the molecule is CCc1noc(-c2ccc(CCNC(=O)[C@@H]3C[C@@H](O)CN3C(=O)[C@@H](n3cc(C4CC4)nn3)C(C)(C)C)cc2)n1. The molecule has 0 radical (unpaired) electrons. The van der Waals surface area contributed by atoms with Gasteiger partial charge in [-0.1, -0.05) is 50.2 Å². The Balaban J connectivity index is 1.21. The van der Waals surface area contributed by atoms with Gasteiger partial charge in [0.2, 0.25) is 11.8 Å². The second-order valence-electron chi connectivity index (χ2n) is 11.7. The normalized spacial score (nSPS) is 20.3. The minimum absolute atomic E-state index is 0.116. The van der Waals surface area contributed by atoms with Crippen molar-refractivity contribution >= 4 is 11.8 Å². The summed E-state index contributed by atoms with van der Waals surface area (Å²) in [6.45, 7) is 8.42. The second kappa shape index (κ2) is 10.9. The topological polar surface area (TPSA) is 139 Å². The molecule has 0 bridgehead atoms. The van der Waals surface area contributed by atoms with E-state index in [1.807, 2.05) is 58.2 Å². The number of benzene rings is 1. The van der Waals surface area contributed by atoms with Crippen LogP contribution < -0.4 is 5.32 Å². The van der Waals surface area contributed by atoms with E-state index in [1.165, 1.54) is 4.90 Å². The maximum atomic E-state index is 13.8. The standard InChI is InChI=1S/C28H37N7O4/c1-5-23-30-26(39-32-23)19-8-6-17(7-9-19)12-13-29-25(37)22-14-20(36)15-34(22)27(38)24(28(2,3)4)35-16-21(31-33-35)18-10-11-18/h6-9,16,18,20,22,24,36H,5,10-15H2,1-4H3,(H,29,37)/t20-,22+,24-/m1/s1. The highest BCUT2D eigenvalue weighted by Gasteiger charge is 2.45. The monoisotopic (exact) mass is 535 g/mol. The van der Waals surface area contributed by atoms with Gasteiger partial charge in [-0.3, -0.25) is 9.59 Å². The molecule has 0 unspecified atom stereocenters. The molecule has 5 rings (SSSR count). The molecule has 39 heavy (non-hydrogen) atoms. The highest BCUT2D eigenvalue weighted by molar-refractivity contribution is 5.90. The molecule has 1 aliphatic carbocycles. The van der Waals surface area contributed by atoms with Gasteiger partial charge < -0.3 is 19.8 Å². The molecule has 11 heteroatoms. The summed E-state index contributed by atoms with van der Waals surface area (Å²) in [6.07, 6.45) is 4.82. The number of aliphatic hydroxyl groups excluding tert-OH is 1. The lowest BCUT2D eigenvalue weighted by Crippen LogP contribution is -2.50. The van der Waals surface area contributed by atoms with Gasteiger partial charge in [0, 0.05) is 43.6 Å². The summed E-state index contributed by atoms with van der Waals surface area (Å²) in [5.74, 6) is 1.08. The van der Waals surface area contributed by atoms with E-state index in [4.69, 9.17) is 4.52 Å². The Kier molecular flexibility index (Phi) is 7.53. The first-order valence-corrected chi connectivity index (χ1v) is 13.7. The number of β-amino-alcohol motifs (C(OH)–C–C–N with tert-alkyl or cyclic N) is 1. The zero-order valence-electron chi connectivity index (χ0n) is 23.0. The van der Waals surface area contributed by atoms with Crippen LogP contribution in [0.5, 0.6) is 0 Å². The Labute approximate surface area is 228 Å². The Morgan fingerprint density at radius 2 is 1.95 bits per heavy atom. The largest absolute Gasteiger partial charge is 0.391 e. The van der Waals surface area contributed by atoms with Gasteiger partial charge in [-0.05, 0) is 42.4 Å². The summed E-state index contributed by atoms with van der Waals surface area (Å²) in [4.78, 5) is 32.9. The number of nitrogens with one attached hydrogen (secondary N) is 1. The molecule has 2 amide bonds. The van der Waals surface area contributed by atoms with E-state index in [1.54, 1.807) is 4.68 Å². The van der Waals surface area contributed by atoms with E-state index in [2.05, 4.69) is 25.8 Å². The molecule has 2 N–H and O–H groups in total. The van der Waals surface area contributed by atoms with E-state index >= 15 is 0 Å². The van der Waals surface area contributed by atoms with Crippen LogP contribution in [0.25, 0.3) is 11.5 Å². The molecule has 3 atom stereocenters. The summed E-state index contributed by atoms with van der Waals surface area (Å²) in [5, 5.41) is 25.9. The number of nitrogens with zero attached hydrogens (tertiary/aromatic N) is 6. The Bertz CT molecular complexity index is 1310. The van der Waals surface area contributed by atoms with Gasteiger partial charge >= 0.3 is 0 Å². The van der Waals surface area contributed by atoms with Gasteiger partial charge in [0.05, 0.1) is 11.8 Å². The van der Waals surface area contributed by atoms with Gasteiger partial charge in [-0.15, -0.1) is 5.10 Å². The van der Waals surface area contributed by atoms with Crippen LogP contribution >= 0.6 is 0 Å². The van der Waals surface area contributed by atoms with Crippen molar-refractivity contribution in [1.82, 2.24) is 35.4 Å². The van der Waals surface area contributed by atoms with Gasteiger partial charge in [0.25, 0.3) is 5.89 Å². The summed E-state index contributed by atoms with van der Waals surface area (Å²) in [7, 11) is 0. The quantitative estimate of drug-likeness (QED) is 0.426. The lowest BCUT2D eigenvalue weighted by molar-refractivity contribution is -0.144. The molecule has 1 saturated heterocycles. The van der Waals surface area contributed by atoms with Crippen LogP contribution in [-0.2, 0) is 22.4 Å². The molecule has 2 aromatic heterocycles. The van der Waals surface area contributed by atoms with Crippen molar-refractivity contribution < 1.29 is 19.2 Å². The van der Waals surface area contributed by atoms with Crippen LogP contribution in [0.1, 0.15) is 76.0 Å². The lowest BCUT2D eigenvalue weighted by atomic mass is 9.85. The number of carbonyl (C=O) groups excluding carboxylic acids is 2. The van der Waals surface area contributed by atoms with Crippen LogP contribution in [0.2, 0.25) is 0 Å². The fraction of sp³-hybridized carbons (Fsp3) is 0.571. The highest BCUT2D eigenvalue weighted by Crippen LogP contribution is 2.40. The van der Waals surface area contributed by atoms with Gasteiger partial charge in [0.1, 0.15) is 12.1 Å². The lowest BCUT2D eigenvalue weighted by Gasteiger charge is -2.34. The van der Waals surface area contributed by atoms with E-state index in [-0.39, 0.29) is 24.8 Å². The second-order valence-corrected chi connectivity index (χ2v) is 11.7.